The summed E-state index contributed by atoms with van der Waals surface area (Å²) < 4.78 is 0. The van der Waals surface area contributed by atoms with Gasteiger partial charge in [-0.25, -0.2) is 4.98 Å². The molecule has 4 unspecified atom stereocenters. The quantitative estimate of drug-likeness (QED) is 0.610. The minimum absolute atomic E-state index is 0.0154. The highest BCUT2D eigenvalue weighted by molar-refractivity contribution is 6.30. The summed E-state index contributed by atoms with van der Waals surface area (Å²) in [5.74, 6) is 2.66. The van der Waals surface area contributed by atoms with Crippen LogP contribution in [0, 0.1) is 30.1 Å². The Morgan fingerprint density at radius 1 is 1.25 bits per heavy atom. The predicted octanol–water partition coefficient (Wildman–Crippen LogP) is 6.11. The van der Waals surface area contributed by atoms with Gasteiger partial charge in [-0.2, -0.15) is 0 Å². The number of hydrogen-bond acceptors (Lipinski definition) is 3. The molecule has 5 heteroatoms. The van der Waals surface area contributed by atoms with Crippen LogP contribution >= 0.6 is 11.6 Å². The van der Waals surface area contributed by atoms with Crippen molar-refractivity contribution in [3.05, 3.63) is 58.2 Å². The van der Waals surface area contributed by atoms with Gasteiger partial charge in [0.15, 0.2) is 0 Å². The summed E-state index contributed by atoms with van der Waals surface area (Å²) >= 11 is 6.25. The van der Waals surface area contributed by atoms with Crippen LogP contribution in [-0.4, -0.2) is 16.7 Å². The van der Waals surface area contributed by atoms with E-state index >= 15 is 0 Å². The van der Waals surface area contributed by atoms with Gasteiger partial charge in [0.1, 0.15) is 11.6 Å². The maximum absolute atomic E-state index is 13.1. The van der Waals surface area contributed by atoms with E-state index < -0.39 is 0 Å². The highest BCUT2D eigenvalue weighted by Crippen LogP contribution is 2.62. The highest BCUT2D eigenvalue weighted by Gasteiger charge is 2.58. The number of ketones is 1. The smallest absolute Gasteiger partial charge is 0.225 e. The monoisotopic (exact) mass is 450 g/mol. The van der Waals surface area contributed by atoms with Crippen LogP contribution in [0.15, 0.2) is 36.5 Å². The highest BCUT2D eigenvalue weighted by atomic mass is 35.5. The fourth-order valence-electron chi connectivity index (χ4n) is 6.94. The fourth-order valence-corrected chi connectivity index (χ4v) is 7.13. The number of hydrogen-bond donors (Lipinski definition) is 1. The van der Waals surface area contributed by atoms with Crippen molar-refractivity contribution in [2.75, 3.05) is 5.32 Å². The molecule has 5 atom stereocenters. The second-order valence-electron chi connectivity index (χ2n) is 10.3. The van der Waals surface area contributed by atoms with Gasteiger partial charge in [0, 0.05) is 29.5 Å². The molecule has 5 rings (SSSR count). The van der Waals surface area contributed by atoms with Crippen LogP contribution in [0.5, 0.6) is 0 Å². The Hall–Kier alpha value is -2.20. The van der Waals surface area contributed by atoms with E-state index in [9.17, 15) is 9.59 Å². The number of benzene rings is 1. The van der Waals surface area contributed by atoms with Crippen LogP contribution in [0.4, 0.5) is 5.82 Å². The van der Waals surface area contributed by atoms with E-state index in [-0.39, 0.29) is 17.2 Å². The number of rotatable bonds is 4. The summed E-state index contributed by atoms with van der Waals surface area (Å²) in [5, 5.41) is 3.72. The van der Waals surface area contributed by atoms with Gasteiger partial charge in [0.2, 0.25) is 5.91 Å². The van der Waals surface area contributed by atoms with E-state index in [1.165, 1.54) is 11.1 Å². The summed E-state index contributed by atoms with van der Waals surface area (Å²) in [5.41, 5.74) is 3.65. The van der Waals surface area contributed by atoms with E-state index in [1.54, 1.807) is 6.20 Å². The third-order valence-electron chi connectivity index (χ3n) is 8.45. The maximum Gasteiger partial charge on any atom is 0.225 e. The van der Waals surface area contributed by atoms with Crippen molar-refractivity contribution in [2.24, 2.45) is 23.2 Å². The predicted molar refractivity (Wildman–Crippen MR) is 127 cm³/mol. The van der Waals surface area contributed by atoms with Gasteiger partial charge >= 0.3 is 0 Å². The normalized spacial score (nSPS) is 30.9. The molecule has 3 aliphatic carbocycles. The van der Waals surface area contributed by atoms with Crippen LogP contribution in [0.1, 0.15) is 68.1 Å². The molecule has 168 valence electrons. The standard InChI is InChI=1S/C27H31ClN2O2/c1-16-3-9-24(29-15-16)30-25(32)10-5-18-14-23(31)27(2)12-11-21-20-8-6-19(28)13-17(20)4-7-22(21)26(18)27/h3,6,8-9,13,15,18,21-22,26H,4-5,7,10-12,14H2,1-2H3,(H,29,30,32)/t18?,21?,22?,26?,27-/m1/s1. The third-order valence-corrected chi connectivity index (χ3v) is 8.69. The van der Waals surface area contributed by atoms with Crippen molar-refractivity contribution in [3.8, 4) is 0 Å². The van der Waals surface area contributed by atoms with Gasteiger partial charge in [-0.1, -0.05) is 30.7 Å². The van der Waals surface area contributed by atoms with Crippen LogP contribution < -0.4 is 5.32 Å². The molecule has 0 saturated heterocycles. The molecule has 0 aliphatic heterocycles. The first-order chi connectivity index (χ1) is 15.3. The zero-order valence-corrected chi connectivity index (χ0v) is 19.6. The number of nitrogens with one attached hydrogen (secondary N) is 1. The largest absolute Gasteiger partial charge is 0.311 e. The lowest BCUT2D eigenvalue weighted by atomic mass is 9.54. The van der Waals surface area contributed by atoms with Gasteiger partial charge in [-0.15, -0.1) is 0 Å². The molecular formula is C27H31ClN2O2. The molecule has 0 radical (unpaired) electrons. The van der Waals surface area contributed by atoms with E-state index in [2.05, 4.69) is 29.4 Å². The van der Waals surface area contributed by atoms with Gasteiger partial charge in [-0.3, -0.25) is 9.59 Å². The molecule has 0 bridgehead atoms. The van der Waals surface area contributed by atoms with E-state index in [1.807, 2.05) is 25.1 Å². The Balaban J connectivity index is 1.32. The summed E-state index contributed by atoms with van der Waals surface area (Å²) in [4.78, 5) is 30.0. The second-order valence-corrected chi connectivity index (χ2v) is 10.8. The first-order valence-corrected chi connectivity index (χ1v) is 12.3. The molecule has 0 spiro atoms. The van der Waals surface area contributed by atoms with E-state index in [0.29, 0.717) is 42.2 Å². The Morgan fingerprint density at radius 2 is 2.09 bits per heavy atom. The summed E-state index contributed by atoms with van der Waals surface area (Å²) in [6, 6.07) is 10.1. The number of pyridine rings is 1. The van der Waals surface area contributed by atoms with Gasteiger partial charge < -0.3 is 5.32 Å². The fraction of sp³-hybridized carbons (Fsp3) is 0.519. The van der Waals surface area contributed by atoms with E-state index in [0.717, 1.165) is 42.7 Å². The van der Waals surface area contributed by atoms with Crippen molar-refractivity contribution < 1.29 is 9.59 Å². The van der Waals surface area contributed by atoms with Crippen molar-refractivity contribution in [3.63, 3.8) is 0 Å². The lowest BCUT2D eigenvalue weighted by Gasteiger charge is -2.50. The van der Waals surface area contributed by atoms with E-state index in [4.69, 9.17) is 11.6 Å². The number of carbonyl (C=O) groups excluding carboxylic acids is 2. The number of anilines is 1. The summed E-state index contributed by atoms with van der Waals surface area (Å²) in [6.45, 7) is 4.17. The Bertz CT molecular complexity index is 1050. The summed E-state index contributed by atoms with van der Waals surface area (Å²) in [6.07, 6.45) is 7.75. The molecule has 1 aromatic carbocycles. The van der Waals surface area contributed by atoms with Crippen molar-refractivity contribution in [1.82, 2.24) is 4.98 Å². The maximum atomic E-state index is 13.1. The molecule has 1 amide bonds. The average molecular weight is 451 g/mol. The van der Waals surface area contributed by atoms with Crippen molar-refractivity contribution in [2.45, 2.75) is 64.7 Å². The van der Waals surface area contributed by atoms with Gasteiger partial charge in [0.25, 0.3) is 0 Å². The van der Waals surface area contributed by atoms with Gasteiger partial charge in [0.05, 0.1) is 0 Å². The minimum atomic E-state index is -0.231. The number of Topliss-reactive ketones (excluding diaryl/α,β-unsaturated/α-hetero) is 1. The second kappa shape index (κ2) is 8.30. The number of amides is 1. The Kier molecular flexibility index (Phi) is 5.61. The number of carbonyl (C=O) groups is 2. The van der Waals surface area contributed by atoms with Crippen LogP contribution in [0.2, 0.25) is 5.02 Å². The SMILES string of the molecule is Cc1ccc(NC(=O)CCC2CC(=O)[C@@]3(C)CCC4c5ccc(Cl)cc5CCC4C23)nc1. The topological polar surface area (TPSA) is 59.1 Å². The molecular weight excluding hydrogens is 420 g/mol. The number of fused-ring (bicyclic) bond motifs is 5. The molecule has 32 heavy (non-hydrogen) atoms. The molecule has 2 aromatic rings. The zero-order chi connectivity index (χ0) is 22.5. The molecule has 2 fully saturated rings. The van der Waals surface area contributed by atoms with Crippen molar-refractivity contribution >= 4 is 29.1 Å². The molecule has 3 aliphatic rings. The van der Waals surface area contributed by atoms with Gasteiger partial charge in [-0.05, 0) is 97.6 Å². The molecule has 4 nitrogen and oxygen atoms in total. The number of nitrogens with zero attached hydrogens (tertiary/aromatic N) is 1. The molecule has 2 saturated carbocycles. The third kappa shape index (κ3) is 3.77. The number of aromatic nitrogens is 1. The number of aryl methyl sites for hydroxylation is 2. The number of halogens is 1. The Labute approximate surface area is 195 Å². The first kappa shape index (κ1) is 21.6. The first-order valence-electron chi connectivity index (χ1n) is 11.9. The Morgan fingerprint density at radius 3 is 2.88 bits per heavy atom. The average Bonchev–Trinajstić information content (AvgIpc) is 3.03. The molecule has 1 N–H and O–H groups in total. The lowest BCUT2D eigenvalue weighted by molar-refractivity contribution is -0.129. The molecule has 1 heterocycles. The van der Waals surface area contributed by atoms with Crippen molar-refractivity contribution in [1.29, 1.82) is 0 Å². The van der Waals surface area contributed by atoms with Crippen LogP contribution in [0.25, 0.3) is 0 Å². The van der Waals surface area contributed by atoms with Crippen LogP contribution in [-0.2, 0) is 16.0 Å². The van der Waals surface area contributed by atoms with Crippen LogP contribution in [0.3, 0.4) is 0 Å². The zero-order valence-electron chi connectivity index (χ0n) is 18.9. The lowest BCUT2D eigenvalue weighted by Crippen LogP contribution is -2.44. The minimum Gasteiger partial charge on any atom is -0.311 e. The summed E-state index contributed by atoms with van der Waals surface area (Å²) in [7, 11) is 0. The molecule has 1 aromatic heterocycles.